The van der Waals surface area contributed by atoms with Gasteiger partial charge in [-0.25, -0.2) is 0 Å². The SMILES string of the molecule is CC1CCC2(CC[N+](C)(CCC[N+](C)(C)C)CC2)C1.[I-]. The number of quaternary nitrogens is 2. The second-order valence-electron chi connectivity index (χ2n) is 9.01. The van der Waals surface area contributed by atoms with E-state index in [1.807, 2.05) is 0 Å². The lowest BCUT2D eigenvalue weighted by atomic mass is 9.75. The number of rotatable bonds is 4. The van der Waals surface area contributed by atoms with Gasteiger partial charge in [-0.3, -0.25) is 0 Å². The van der Waals surface area contributed by atoms with E-state index < -0.39 is 0 Å². The minimum Gasteiger partial charge on any atom is -1.00 e. The summed E-state index contributed by atoms with van der Waals surface area (Å²) in [5.74, 6) is 0.995. The third kappa shape index (κ3) is 5.13. The van der Waals surface area contributed by atoms with Crippen molar-refractivity contribution < 1.29 is 32.9 Å². The summed E-state index contributed by atoms with van der Waals surface area (Å²) in [6.07, 6.45) is 8.91. The maximum absolute atomic E-state index is 2.50. The molecule has 1 aliphatic heterocycles. The van der Waals surface area contributed by atoms with Crippen molar-refractivity contribution in [2.45, 2.75) is 45.4 Å². The number of likely N-dealkylation sites (tertiary alicyclic amines) is 1. The molecule has 1 spiro atoms. The van der Waals surface area contributed by atoms with Gasteiger partial charge in [0.2, 0.25) is 0 Å². The van der Waals surface area contributed by atoms with Gasteiger partial charge in [0.15, 0.2) is 0 Å². The Morgan fingerprint density at radius 1 is 1.10 bits per heavy atom. The minimum atomic E-state index is 0. The third-order valence-electron chi connectivity index (χ3n) is 5.84. The molecule has 2 rings (SSSR count). The highest BCUT2D eigenvalue weighted by molar-refractivity contribution is 4.89. The van der Waals surface area contributed by atoms with Gasteiger partial charge in [-0.05, 0) is 24.2 Å². The molecule has 0 radical (unpaired) electrons. The van der Waals surface area contributed by atoms with Crippen LogP contribution in [-0.4, -0.2) is 63.3 Å². The van der Waals surface area contributed by atoms with Gasteiger partial charge in [0.25, 0.3) is 0 Å². The fourth-order valence-corrected chi connectivity index (χ4v) is 4.35. The van der Waals surface area contributed by atoms with E-state index in [0.29, 0.717) is 0 Å². The first-order valence-electron chi connectivity index (χ1n) is 8.36. The Balaban J connectivity index is 0.00000200. The summed E-state index contributed by atoms with van der Waals surface area (Å²) in [4.78, 5) is 0. The average molecular weight is 395 g/mol. The highest BCUT2D eigenvalue weighted by Crippen LogP contribution is 2.49. The molecule has 1 aliphatic carbocycles. The molecule has 1 atom stereocenters. The largest absolute Gasteiger partial charge is 1.00 e. The number of hydrogen-bond donors (Lipinski definition) is 0. The molecule has 0 aromatic heterocycles. The van der Waals surface area contributed by atoms with Gasteiger partial charge in [0.1, 0.15) is 0 Å². The van der Waals surface area contributed by atoms with Crippen LogP contribution in [0.4, 0.5) is 0 Å². The van der Waals surface area contributed by atoms with Gasteiger partial charge in [-0.2, -0.15) is 0 Å². The van der Waals surface area contributed by atoms with Crippen molar-refractivity contribution in [3.63, 3.8) is 0 Å². The summed E-state index contributed by atoms with van der Waals surface area (Å²) in [5, 5.41) is 0. The van der Waals surface area contributed by atoms with Gasteiger partial charge in [-0.1, -0.05) is 13.3 Å². The smallest absolute Gasteiger partial charge is 0.0838 e. The summed E-state index contributed by atoms with van der Waals surface area (Å²) in [6, 6.07) is 0. The van der Waals surface area contributed by atoms with E-state index in [2.05, 4.69) is 35.1 Å². The summed E-state index contributed by atoms with van der Waals surface area (Å²) in [7, 11) is 9.43. The van der Waals surface area contributed by atoms with E-state index in [0.717, 1.165) is 15.8 Å². The number of nitrogens with zero attached hydrogens (tertiary/aromatic N) is 2. The zero-order chi connectivity index (χ0) is 14.1. The van der Waals surface area contributed by atoms with Gasteiger partial charge < -0.3 is 32.9 Å². The zero-order valence-electron chi connectivity index (χ0n) is 14.4. The molecule has 1 saturated heterocycles. The molecule has 3 heteroatoms. The third-order valence-corrected chi connectivity index (χ3v) is 5.84. The second-order valence-corrected chi connectivity index (χ2v) is 9.01. The normalized spacial score (nSPS) is 38.0. The second kappa shape index (κ2) is 6.82. The first-order chi connectivity index (χ1) is 8.72. The zero-order valence-corrected chi connectivity index (χ0v) is 16.6. The quantitative estimate of drug-likeness (QED) is 0.469. The van der Waals surface area contributed by atoms with Crippen molar-refractivity contribution >= 4 is 0 Å². The highest BCUT2D eigenvalue weighted by atomic mass is 127. The molecule has 0 aromatic rings. The Kier molecular flexibility index (Phi) is 6.38. The summed E-state index contributed by atoms with van der Waals surface area (Å²) in [5.41, 5.74) is 0.761. The highest BCUT2D eigenvalue weighted by Gasteiger charge is 2.44. The molecule has 1 unspecified atom stereocenters. The van der Waals surface area contributed by atoms with E-state index in [1.54, 1.807) is 0 Å². The number of hydrogen-bond acceptors (Lipinski definition) is 0. The van der Waals surface area contributed by atoms with Crippen molar-refractivity contribution in [1.82, 2.24) is 0 Å². The van der Waals surface area contributed by atoms with Crippen molar-refractivity contribution in [2.24, 2.45) is 11.3 Å². The maximum atomic E-state index is 2.50. The average Bonchev–Trinajstić information content (AvgIpc) is 2.64. The van der Waals surface area contributed by atoms with E-state index in [4.69, 9.17) is 0 Å². The molecule has 2 aliphatic rings. The maximum Gasteiger partial charge on any atom is 0.0838 e. The van der Waals surface area contributed by atoms with E-state index in [-0.39, 0.29) is 24.0 Å². The lowest BCUT2D eigenvalue weighted by molar-refractivity contribution is -0.923. The summed E-state index contributed by atoms with van der Waals surface area (Å²) >= 11 is 0. The molecular formula is C17H36IN2+. The van der Waals surface area contributed by atoms with Crippen LogP contribution in [0.3, 0.4) is 0 Å². The number of halogens is 1. The molecule has 2 fully saturated rings. The minimum absolute atomic E-state index is 0. The van der Waals surface area contributed by atoms with Gasteiger partial charge in [-0.15, -0.1) is 0 Å². The van der Waals surface area contributed by atoms with Gasteiger partial charge >= 0.3 is 0 Å². The van der Waals surface area contributed by atoms with Crippen LogP contribution in [0.5, 0.6) is 0 Å². The van der Waals surface area contributed by atoms with Gasteiger partial charge in [0.05, 0.1) is 54.4 Å². The van der Waals surface area contributed by atoms with Crippen LogP contribution in [-0.2, 0) is 0 Å². The molecule has 0 N–H and O–H groups in total. The molecule has 0 amide bonds. The van der Waals surface area contributed by atoms with Crippen LogP contribution in [0.2, 0.25) is 0 Å². The number of piperidine rings is 1. The molecule has 2 nitrogen and oxygen atoms in total. The first-order valence-corrected chi connectivity index (χ1v) is 8.36. The van der Waals surface area contributed by atoms with Crippen LogP contribution in [0, 0.1) is 11.3 Å². The topological polar surface area (TPSA) is 0 Å². The Hall–Kier alpha value is 0.650. The molecule has 1 saturated carbocycles. The van der Waals surface area contributed by atoms with E-state index in [9.17, 15) is 0 Å². The van der Waals surface area contributed by atoms with Crippen LogP contribution in [0.25, 0.3) is 0 Å². The Morgan fingerprint density at radius 3 is 2.15 bits per heavy atom. The molecule has 1 heterocycles. The molecule has 120 valence electrons. The fourth-order valence-electron chi connectivity index (χ4n) is 4.35. The summed E-state index contributed by atoms with van der Waals surface area (Å²) in [6.45, 7) is 8.03. The van der Waals surface area contributed by atoms with Crippen molar-refractivity contribution in [1.29, 1.82) is 0 Å². The lowest BCUT2D eigenvalue weighted by Gasteiger charge is -2.45. The standard InChI is InChI=1S/C17H36N2.HI/c1-16-7-8-17(15-16)9-13-19(5,14-10-17)12-6-11-18(2,3)4;/h16H,6-15H2,1-5H3;1H/q+2;/p-1. The Labute approximate surface area is 144 Å². The van der Waals surface area contributed by atoms with Crippen molar-refractivity contribution in [3.8, 4) is 0 Å². The lowest BCUT2D eigenvalue weighted by Crippen LogP contribution is -3.00. The van der Waals surface area contributed by atoms with E-state index >= 15 is 0 Å². The Morgan fingerprint density at radius 2 is 1.70 bits per heavy atom. The monoisotopic (exact) mass is 395 g/mol. The predicted molar refractivity (Wildman–Crippen MR) is 83.0 cm³/mol. The van der Waals surface area contributed by atoms with Crippen molar-refractivity contribution in [2.75, 3.05) is 54.4 Å². The molecular weight excluding hydrogens is 359 g/mol. The van der Waals surface area contributed by atoms with Crippen LogP contribution in [0.1, 0.15) is 45.4 Å². The summed E-state index contributed by atoms with van der Waals surface area (Å²) < 4.78 is 2.46. The molecule has 0 bridgehead atoms. The molecule has 20 heavy (non-hydrogen) atoms. The van der Waals surface area contributed by atoms with E-state index in [1.165, 1.54) is 69.2 Å². The fraction of sp³-hybridized carbons (Fsp3) is 1.00. The van der Waals surface area contributed by atoms with Crippen molar-refractivity contribution in [3.05, 3.63) is 0 Å². The Bertz CT molecular complexity index is 301. The molecule has 0 aromatic carbocycles. The van der Waals surface area contributed by atoms with Crippen LogP contribution >= 0.6 is 0 Å². The predicted octanol–water partition coefficient (Wildman–Crippen LogP) is 0.134. The van der Waals surface area contributed by atoms with Gasteiger partial charge in [0, 0.05) is 19.3 Å². The van der Waals surface area contributed by atoms with Crippen LogP contribution < -0.4 is 24.0 Å². The first kappa shape index (κ1) is 18.7. The van der Waals surface area contributed by atoms with Crippen LogP contribution in [0.15, 0.2) is 0 Å².